The van der Waals surface area contributed by atoms with Crippen LogP contribution in [0.2, 0.25) is 0 Å². The molecule has 6 nitrogen and oxygen atoms in total. The summed E-state index contributed by atoms with van der Waals surface area (Å²) in [4.78, 5) is 38.8. The van der Waals surface area contributed by atoms with Crippen molar-refractivity contribution in [2.45, 2.75) is 39.2 Å². The molecule has 0 saturated heterocycles. The molecule has 154 valence electrons. The van der Waals surface area contributed by atoms with E-state index in [1.165, 1.54) is 7.11 Å². The van der Waals surface area contributed by atoms with E-state index in [1.54, 1.807) is 4.90 Å². The molecule has 2 aromatic rings. The van der Waals surface area contributed by atoms with Crippen molar-refractivity contribution >= 4 is 29.2 Å². The Labute approximate surface area is 171 Å². The van der Waals surface area contributed by atoms with Gasteiger partial charge in [0.05, 0.1) is 7.11 Å². The minimum atomic E-state index is -0.707. The monoisotopic (exact) mass is 396 g/mol. The molecule has 0 aromatic heterocycles. The molecule has 0 aliphatic carbocycles. The summed E-state index contributed by atoms with van der Waals surface area (Å²) in [5.74, 6) is -0.812. The first kappa shape index (κ1) is 22.1. The Bertz CT molecular complexity index is 767. The third kappa shape index (κ3) is 6.75. The van der Waals surface area contributed by atoms with Gasteiger partial charge in [0, 0.05) is 24.2 Å². The second-order valence-electron chi connectivity index (χ2n) is 7.17. The highest BCUT2D eigenvalue weighted by Crippen LogP contribution is 2.26. The summed E-state index contributed by atoms with van der Waals surface area (Å²) in [5, 5.41) is 2.69. The number of ether oxygens (including phenoxy) is 1. The van der Waals surface area contributed by atoms with E-state index in [9.17, 15) is 14.4 Å². The Morgan fingerprint density at radius 3 is 1.86 bits per heavy atom. The Hall–Kier alpha value is -3.15. The maximum atomic E-state index is 13.0. The van der Waals surface area contributed by atoms with Crippen molar-refractivity contribution in [1.82, 2.24) is 5.32 Å². The molecular formula is C23H28N2O4. The van der Waals surface area contributed by atoms with E-state index in [2.05, 4.69) is 5.32 Å². The third-order valence-corrected chi connectivity index (χ3v) is 4.37. The highest BCUT2D eigenvalue weighted by Gasteiger charge is 2.24. The van der Waals surface area contributed by atoms with E-state index in [0.717, 1.165) is 11.4 Å². The molecule has 0 aliphatic heterocycles. The first-order valence-corrected chi connectivity index (χ1v) is 9.72. The number of carbonyl (C=O) groups excluding carboxylic acids is 3. The van der Waals surface area contributed by atoms with Crippen LogP contribution in [0.15, 0.2) is 60.7 Å². The second kappa shape index (κ2) is 11.0. The van der Waals surface area contributed by atoms with Gasteiger partial charge in [0.15, 0.2) is 0 Å². The number of para-hydroxylation sites is 2. The number of anilines is 2. The van der Waals surface area contributed by atoms with Crippen molar-refractivity contribution in [1.29, 1.82) is 0 Å². The Balaban J connectivity index is 2.06. The van der Waals surface area contributed by atoms with Gasteiger partial charge >= 0.3 is 5.97 Å². The average molecular weight is 396 g/mol. The van der Waals surface area contributed by atoms with Crippen molar-refractivity contribution in [2.24, 2.45) is 5.92 Å². The zero-order chi connectivity index (χ0) is 21.2. The lowest BCUT2D eigenvalue weighted by atomic mass is 10.0. The van der Waals surface area contributed by atoms with Crippen LogP contribution in [0.25, 0.3) is 0 Å². The van der Waals surface area contributed by atoms with Crippen LogP contribution in [0.4, 0.5) is 11.4 Å². The lowest BCUT2D eigenvalue weighted by Crippen LogP contribution is -2.42. The van der Waals surface area contributed by atoms with E-state index in [0.29, 0.717) is 6.42 Å². The van der Waals surface area contributed by atoms with Crippen LogP contribution in [-0.2, 0) is 19.1 Å². The Morgan fingerprint density at radius 1 is 0.897 bits per heavy atom. The summed E-state index contributed by atoms with van der Waals surface area (Å²) < 4.78 is 4.76. The standard InChI is InChI=1S/C23H28N2O4/c1-17(2)16-20(23(28)29-3)24-21(26)14-15-22(27)25(18-10-6-4-7-11-18)19-12-8-5-9-13-19/h4-13,17,20H,14-16H2,1-3H3,(H,24,26)/t20-/m1/s1. The van der Waals surface area contributed by atoms with Crippen LogP contribution in [0.1, 0.15) is 33.1 Å². The van der Waals surface area contributed by atoms with Crippen LogP contribution >= 0.6 is 0 Å². The van der Waals surface area contributed by atoms with E-state index in [1.807, 2.05) is 74.5 Å². The first-order chi connectivity index (χ1) is 13.9. The molecule has 0 saturated carbocycles. The van der Waals surface area contributed by atoms with Crippen molar-refractivity contribution in [3.63, 3.8) is 0 Å². The van der Waals surface area contributed by atoms with Gasteiger partial charge < -0.3 is 10.1 Å². The molecule has 0 spiro atoms. The molecule has 0 fully saturated rings. The van der Waals surface area contributed by atoms with E-state index >= 15 is 0 Å². The minimum Gasteiger partial charge on any atom is -0.467 e. The topological polar surface area (TPSA) is 75.7 Å². The third-order valence-electron chi connectivity index (χ3n) is 4.37. The fraction of sp³-hybridized carbons (Fsp3) is 0.348. The molecule has 6 heteroatoms. The van der Waals surface area contributed by atoms with Gasteiger partial charge in [-0.05, 0) is 36.6 Å². The number of nitrogens with zero attached hydrogens (tertiary/aromatic N) is 1. The van der Waals surface area contributed by atoms with Gasteiger partial charge in [-0.25, -0.2) is 4.79 Å². The zero-order valence-electron chi connectivity index (χ0n) is 17.1. The van der Waals surface area contributed by atoms with Crippen LogP contribution in [0.5, 0.6) is 0 Å². The maximum Gasteiger partial charge on any atom is 0.328 e. The molecule has 2 amide bonds. The van der Waals surface area contributed by atoms with Gasteiger partial charge in [-0.3, -0.25) is 14.5 Å². The smallest absolute Gasteiger partial charge is 0.328 e. The number of benzene rings is 2. The minimum absolute atomic E-state index is 0.0133. The Kier molecular flexibility index (Phi) is 8.40. The number of hydrogen-bond donors (Lipinski definition) is 1. The summed E-state index contributed by atoms with van der Waals surface area (Å²) in [7, 11) is 1.29. The fourth-order valence-electron chi connectivity index (χ4n) is 3.02. The zero-order valence-corrected chi connectivity index (χ0v) is 17.1. The first-order valence-electron chi connectivity index (χ1n) is 9.72. The van der Waals surface area contributed by atoms with Gasteiger partial charge in [-0.2, -0.15) is 0 Å². The summed E-state index contributed by atoms with van der Waals surface area (Å²) >= 11 is 0. The number of methoxy groups -OCH3 is 1. The molecule has 1 atom stereocenters. The molecule has 2 rings (SSSR count). The number of hydrogen-bond acceptors (Lipinski definition) is 4. The van der Waals surface area contributed by atoms with Crippen LogP contribution in [0, 0.1) is 5.92 Å². The molecule has 29 heavy (non-hydrogen) atoms. The summed E-state index contributed by atoms with van der Waals surface area (Å²) in [6.07, 6.45) is 0.484. The second-order valence-corrected chi connectivity index (χ2v) is 7.17. The van der Waals surface area contributed by atoms with Crippen molar-refractivity contribution in [3.8, 4) is 0 Å². The van der Waals surface area contributed by atoms with Gasteiger partial charge in [0.25, 0.3) is 0 Å². The van der Waals surface area contributed by atoms with Gasteiger partial charge in [-0.1, -0.05) is 50.2 Å². The lowest BCUT2D eigenvalue weighted by Gasteiger charge is -2.23. The highest BCUT2D eigenvalue weighted by molar-refractivity contribution is 6.01. The number of rotatable bonds is 9. The number of esters is 1. The molecule has 1 N–H and O–H groups in total. The Morgan fingerprint density at radius 2 is 1.41 bits per heavy atom. The molecule has 0 radical (unpaired) electrons. The fourth-order valence-corrected chi connectivity index (χ4v) is 3.02. The SMILES string of the molecule is COC(=O)[C@@H](CC(C)C)NC(=O)CCC(=O)N(c1ccccc1)c1ccccc1. The van der Waals surface area contributed by atoms with Gasteiger partial charge in [-0.15, -0.1) is 0 Å². The number of carbonyl (C=O) groups is 3. The normalized spacial score (nSPS) is 11.6. The van der Waals surface area contributed by atoms with Gasteiger partial charge in [0.2, 0.25) is 11.8 Å². The largest absolute Gasteiger partial charge is 0.467 e. The molecule has 0 aliphatic rings. The number of nitrogens with one attached hydrogen (secondary N) is 1. The predicted molar refractivity (Wildman–Crippen MR) is 113 cm³/mol. The quantitative estimate of drug-likeness (QED) is 0.654. The van der Waals surface area contributed by atoms with Crippen LogP contribution in [-0.4, -0.2) is 30.9 Å². The van der Waals surface area contributed by atoms with E-state index in [4.69, 9.17) is 4.74 Å². The van der Waals surface area contributed by atoms with Gasteiger partial charge in [0.1, 0.15) is 6.04 Å². The molecule has 2 aromatic carbocycles. The van der Waals surface area contributed by atoms with Crippen LogP contribution < -0.4 is 10.2 Å². The van der Waals surface area contributed by atoms with Crippen molar-refractivity contribution < 1.29 is 19.1 Å². The summed E-state index contributed by atoms with van der Waals surface area (Å²) in [6.45, 7) is 3.92. The molecular weight excluding hydrogens is 368 g/mol. The van der Waals surface area contributed by atoms with E-state index < -0.39 is 12.0 Å². The lowest BCUT2D eigenvalue weighted by molar-refractivity contribution is -0.145. The molecule has 0 unspecified atom stereocenters. The maximum absolute atomic E-state index is 13.0. The average Bonchev–Trinajstić information content (AvgIpc) is 2.72. The van der Waals surface area contributed by atoms with E-state index in [-0.39, 0.29) is 30.6 Å². The van der Waals surface area contributed by atoms with Crippen LogP contribution in [0.3, 0.4) is 0 Å². The molecule has 0 bridgehead atoms. The van der Waals surface area contributed by atoms with Crippen molar-refractivity contribution in [3.05, 3.63) is 60.7 Å². The van der Waals surface area contributed by atoms with Crippen molar-refractivity contribution in [2.75, 3.05) is 12.0 Å². The highest BCUT2D eigenvalue weighted by atomic mass is 16.5. The number of amides is 2. The summed E-state index contributed by atoms with van der Waals surface area (Å²) in [6, 6.07) is 17.9. The predicted octanol–water partition coefficient (Wildman–Crippen LogP) is 3.84. The summed E-state index contributed by atoms with van der Waals surface area (Å²) in [5.41, 5.74) is 1.47. The molecule has 0 heterocycles.